The summed E-state index contributed by atoms with van der Waals surface area (Å²) in [4.78, 5) is 31.0. The molecule has 1 amide bonds. The normalized spacial score (nSPS) is 12.0. The van der Waals surface area contributed by atoms with E-state index in [0.29, 0.717) is 10.9 Å². The third-order valence-electron chi connectivity index (χ3n) is 3.48. The molecule has 5 nitrogen and oxygen atoms in total. The van der Waals surface area contributed by atoms with Gasteiger partial charge in [-0.1, -0.05) is 42.5 Å². The summed E-state index contributed by atoms with van der Waals surface area (Å²) in [5.74, 6) is -0.384. The second kappa shape index (κ2) is 5.81. The van der Waals surface area contributed by atoms with Crippen LogP contribution in [0.15, 0.2) is 59.4 Å². The molecule has 0 bridgehead atoms. The fraction of sp³-hybridized carbons (Fsp3) is 0.118. The third kappa shape index (κ3) is 2.74. The van der Waals surface area contributed by atoms with E-state index in [-0.39, 0.29) is 17.4 Å². The Bertz CT molecular complexity index is 872. The summed E-state index contributed by atoms with van der Waals surface area (Å²) in [5.41, 5.74) is 1.17. The maximum absolute atomic E-state index is 12.3. The lowest BCUT2D eigenvalue weighted by molar-refractivity contribution is 0.0929. The Labute approximate surface area is 127 Å². The Hall–Kier alpha value is -2.95. The van der Waals surface area contributed by atoms with Crippen LogP contribution in [0.1, 0.15) is 29.1 Å². The molecular formula is C17H15N3O2. The van der Waals surface area contributed by atoms with Crippen molar-refractivity contribution in [3.63, 3.8) is 0 Å². The van der Waals surface area contributed by atoms with E-state index in [1.54, 1.807) is 24.3 Å². The van der Waals surface area contributed by atoms with Gasteiger partial charge in [-0.3, -0.25) is 9.59 Å². The number of carbonyl (C=O) groups is 1. The Morgan fingerprint density at radius 3 is 2.55 bits per heavy atom. The Morgan fingerprint density at radius 2 is 1.77 bits per heavy atom. The van der Waals surface area contributed by atoms with Gasteiger partial charge < -0.3 is 10.3 Å². The zero-order valence-electron chi connectivity index (χ0n) is 12.0. The number of aromatic nitrogens is 2. The van der Waals surface area contributed by atoms with Crippen LogP contribution in [-0.4, -0.2) is 15.9 Å². The van der Waals surface area contributed by atoms with E-state index in [0.717, 1.165) is 5.56 Å². The van der Waals surface area contributed by atoms with Crippen LogP contribution in [0.2, 0.25) is 0 Å². The quantitative estimate of drug-likeness (QED) is 0.778. The first kappa shape index (κ1) is 14.0. The summed E-state index contributed by atoms with van der Waals surface area (Å²) in [7, 11) is 0. The number of aromatic amines is 1. The highest BCUT2D eigenvalue weighted by molar-refractivity contribution is 5.92. The van der Waals surface area contributed by atoms with Gasteiger partial charge in [-0.2, -0.15) is 0 Å². The number of nitrogens with zero attached hydrogens (tertiary/aromatic N) is 1. The molecule has 3 aromatic rings. The minimum absolute atomic E-state index is 0.0199. The lowest BCUT2D eigenvalue weighted by Crippen LogP contribution is -2.30. The number of nitrogens with one attached hydrogen (secondary N) is 2. The summed E-state index contributed by atoms with van der Waals surface area (Å²) in [6.07, 6.45) is 0. The van der Waals surface area contributed by atoms with Crippen molar-refractivity contribution in [2.24, 2.45) is 0 Å². The molecule has 110 valence electrons. The molecule has 1 heterocycles. The number of H-pyrrole nitrogens is 1. The molecule has 0 aliphatic rings. The molecule has 0 radical (unpaired) electrons. The molecule has 2 aromatic carbocycles. The molecule has 0 fully saturated rings. The monoisotopic (exact) mass is 293 g/mol. The van der Waals surface area contributed by atoms with Gasteiger partial charge >= 0.3 is 0 Å². The van der Waals surface area contributed by atoms with E-state index in [1.807, 2.05) is 37.3 Å². The van der Waals surface area contributed by atoms with E-state index >= 15 is 0 Å². The van der Waals surface area contributed by atoms with Gasteiger partial charge in [0, 0.05) is 0 Å². The first-order valence-electron chi connectivity index (χ1n) is 7.00. The molecule has 2 N–H and O–H groups in total. The number of fused-ring (bicyclic) bond motifs is 1. The SMILES string of the molecule is C[C@@H](NC(=O)c1nc2ccccc2c(=O)[nH]1)c1ccccc1. The number of hydrogen-bond acceptors (Lipinski definition) is 3. The van der Waals surface area contributed by atoms with E-state index < -0.39 is 5.91 Å². The molecule has 0 saturated heterocycles. The number of benzene rings is 2. The molecule has 1 atom stereocenters. The molecule has 0 aliphatic heterocycles. The van der Waals surface area contributed by atoms with Gasteiger partial charge in [-0.25, -0.2) is 4.98 Å². The minimum atomic E-state index is -0.404. The van der Waals surface area contributed by atoms with E-state index in [4.69, 9.17) is 0 Å². The van der Waals surface area contributed by atoms with E-state index in [1.165, 1.54) is 0 Å². The predicted molar refractivity (Wildman–Crippen MR) is 84.7 cm³/mol. The number of hydrogen-bond donors (Lipinski definition) is 2. The van der Waals surface area contributed by atoms with E-state index in [2.05, 4.69) is 15.3 Å². The Kier molecular flexibility index (Phi) is 3.70. The zero-order chi connectivity index (χ0) is 15.5. The number of rotatable bonds is 3. The second-order valence-electron chi connectivity index (χ2n) is 5.04. The molecule has 0 saturated carbocycles. The maximum atomic E-state index is 12.3. The van der Waals surface area contributed by atoms with Crippen molar-refractivity contribution in [1.29, 1.82) is 0 Å². The zero-order valence-corrected chi connectivity index (χ0v) is 12.0. The molecule has 0 spiro atoms. The van der Waals surface area contributed by atoms with Crippen molar-refractivity contribution in [1.82, 2.24) is 15.3 Å². The van der Waals surface area contributed by atoms with Crippen LogP contribution in [0.4, 0.5) is 0 Å². The number of carbonyl (C=O) groups excluding carboxylic acids is 1. The Morgan fingerprint density at radius 1 is 1.09 bits per heavy atom. The van der Waals surface area contributed by atoms with Crippen LogP contribution in [0.3, 0.4) is 0 Å². The fourth-order valence-corrected chi connectivity index (χ4v) is 2.28. The van der Waals surface area contributed by atoms with Gasteiger partial charge in [0.25, 0.3) is 11.5 Å². The second-order valence-corrected chi connectivity index (χ2v) is 5.04. The van der Waals surface area contributed by atoms with Gasteiger partial charge in [0.2, 0.25) is 0 Å². The predicted octanol–water partition coefficient (Wildman–Crippen LogP) is 2.41. The van der Waals surface area contributed by atoms with Gasteiger partial charge in [0.05, 0.1) is 16.9 Å². The first-order valence-corrected chi connectivity index (χ1v) is 7.00. The number of para-hydroxylation sites is 1. The van der Waals surface area contributed by atoms with Crippen molar-refractivity contribution in [2.75, 3.05) is 0 Å². The fourth-order valence-electron chi connectivity index (χ4n) is 2.28. The average Bonchev–Trinajstić information content (AvgIpc) is 2.55. The van der Waals surface area contributed by atoms with Gasteiger partial charge in [-0.05, 0) is 24.6 Å². The topological polar surface area (TPSA) is 74.8 Å². The lowest BCUT2D eigenvalue weighted by atomic mass is 10.1. The molecule has 0 aliphatic carbocycles. The molecule has 1 aromatic heterocycles. The maximum Gasteiger partial charge on any atom is 0.287 e. The summed E-state index contributed by atoms with van der Waals surface area (Å²) < 4.78 is 0. The smallest absolute Gasteiger partial charge is 0.287 e. The molecule has 22 heavy (non-hydrogen) atoms. The highest BCUT2D eigenvalue weighted by Gasteiger charge is 2.14. The van der Waals surface area contributed by atoms with Gasteiger partial charge in [0.15, 0.2) is 5.82 Å². The number of amides is 1. The molecule has 5 heteroatoms. The average molecular weight is 293 g/mol. The summed E-state index contributed by atoms with van der Waals surface area (Å²) in [6.45, 7) is 1.88. The summed E-state index contributed by atoms with van der Waals surface area (Å²) in [6, 6.07) is 16.4. The van der Waals surface area contributed by atoms with Gasteiger partial charge in [-0.15, -0.1) is 0 Å². The molecule has 0 unspecified atom stereocenters. The highest BCUT2D eigenvalue weighted by atomic mass is 16.2. The Balaban J connectivity index is 1.88. The minimum Gasteiger partial charge on any atom is -0.343 e. The molecule has 3 rings (SSSR count). The highest BCUT2D eigenvalue weighted by Crippen LogP contribution is 2.12. The van der Waals surface area contributed by atoms with Gasteiger partial charge in [0.1, 0.15) is 0 Å². The lowest BCUT2D eigenvalue weighted by Gasteiger charge is -2.13. The van der Waals surface area contributed by atoms with Crippen LogP contribution in [0.25, 0.3) is 10.9 Å². The van der Waals surface area contributed by atoms with Crippen LogP contribution in [0.5, 0.6) is 0 Å². The van der Waals surface area contributed by atoms with Crippen LogP contribution in [0, 0.1) is 0 Å². The largest absolute Gasteiger partial charge is 0.343 e. The standard InChI is InChI=1S/C17H15N3O2/c1-11(12-7-3-2-4-8-12)18-17(22)15-19-14-10-6-5-9-13(14)16(21)20-15/h2-11H,1H3,(H,18,22)(H,19,20,21)/t11-/m1/s1. The van der Waals surface area contributed by atoms with Crippen LogP contribution in [-0.2, 0) is 0 Å². The summed E-state index contributed by atoms with van der Waals surface area (Å²) >= 11 is 0. The third-order valence-corrected chi connectivity index (χ3v) is 3.48. The van der Waals surface area contributed by atoms with Crippen molar-refractivity contribution < 1.29 is 4.79 Å². The first-order chi connectivity index (χ1) is 10.6. The van der Waals surface area contributed by atoms with Crippen molar-refractivity contribution in [2.45, 2.75) is 13.0 Å². The van der Waals surface area contributed by atoms with Crippen molar-refractivity contribution in [3.8, 4) is 0 Å². The molecular weight excluding hydrogens is 278 g/mol. The van der Waals surface area contributed by atoms with E-state index in [9.17, 15) is 9.59 Å². The van der Waals surface area contributed by atoms with Crippen LogP contribution >= 0.6 is 0 Å². The van der Waals surface area contributed by atoms with Crippen molar-refractivity contribution >= 4 is 16.8 Å². The summed E-state index contributed by atoms with van der Waals surface area (Å²) in [5, 5.41) is 3.30. The van der Waals surface area contributed by atoms with Crippen molar-refractivity contribution in [3.05, 3.63) is 76.3 Å². The van der Waals surface area contributed by atoms with Crippen LogP contribution < -0.4 is 10.9 Å².